The average molecular weight is 349 g/mol. The highest BCUT2D eigenvalue weighted by Gasteiger charge is 2.18. The first kappa shape index (κ1) is 17.4. The standard InChI is InChI=1S/C20H19N3O3/c1-14-8-6-7-11-16(14)23-18(24)12-17(26-2)19(22-23)20(25)21-13-15-9-4-3-5-10-15/h3-12H,13H2,1-2H3,(H,21,25). The fraction of sp³-hybridized carbons (Fsp3) is 0.150. The van der Waals surface area contributed by atoms with Crippen LogP contribution in [0.3, 0.4) is 0 Å². The van der Waals surface area contributed by atoms with Gasteiger partial charge in [-0.3, -0.25) is 9.59 Å². The third-order valence-electron chi connectivity index (χ3n) is 3.97. The van der Waals surface area contributed by atoms with Crippen molar-refractivity contribution in [2.24, 2.45) is 0 Å². The highest BCUT2D eigenvalue weighted by molar-refractivity contribution is 5.94. The Hall–Kier alpha value is -3.41. The van der Waals surface area contributed by atoms with E-state index in [1.54, 1.807) is 6.07 Å². The Kier molecular flexibility index (Phi) is 5.12. The van der Waals surface area contributed by atoms with E-state index in [-0.39, 0.29) is 17.0 Å². The monoisotopic (exact) mass is 349 g/mol. The number of ether oxygens (including phenoxy) is 1. The van der Waals surface area contributed by atoms with Crippen molar-refractivity contribution in [3.05, 3.63) is 87.8 Å². The molecule has 0 spiro atoms. The van der Waals surface area contributed by atoms with Crippen molar-refractivity contribution in [2.75, 3.05) is 7.11 Å². The van der Waals surface area contributed by atoms with Gasteiger partial charge in [0, 0.05) is 6.54 Å². The molecule has 1 N–H and O–H groups in total. The SMILES string of the molecule is COc1cc(=O)n(-c2ccccc2C)nc1C(=O)NCc1ccccc1. The molecule has 0 saturated heterocycles. The van der Waals surface area contributed by atoms with E-state index in [2.05, 4.69) is 10.4 Å². The number of para-hydroxylation sites is 1. The second-order valence-electron chi connectivity index (χ2n) is 5.77. The second-order valence-corrected chi connectivity index (χ2v) is 5.77. The molecule has 0 unspecified atom stereocenters. The number of rotatable bonds is 5. The van der Waals surface area contributed by atoms with Gasteiger partial charge in [-0.05, 0) is 24.1 Å². The third kappa shape index (κ3) is 3.64. The van der Waals surface area contributed by atoms with E-state index >= 15 is 0 Å². The van der Waals surface area contributed by atoms with E-state index in [0.29, 0.717) is 12.2 Å². The summed E-state index contributed by atoms with van der Waals surface area (Å²) in [6, 6.07) is 18.2. The number of aryl methyl sites for hydroxylation is 1. The Morgan fingerprint density at radius 1 is 1.12 bits per heavy atom. The first-order valence-corrected chi connectivity index (χ1v) is 8.16. The first-order valence-electron chi connectivity index (χ1n) is 8.16. The van der Waals surface area contributed by atoms with Crippen LogP contribution in [0, 0.1) is 6.92 Å². The summed E-state index contributed by atoms with van der Waals surface area (Å²) in [6.07, 6.45) is 0. The van der Waals surface area contributed by atoms with Gasteiger partial charge in [0.15, 0.2) is 11.4 Å². The smallest absolute Gasteiger partial charge is 0.275 e. The zero-order chi connectivity index (χ0) is 18.5. The van der Waals surface area contributed by atoms with Gasteiger partial charge in [0.25, 0.3) is 11.5 Å². The summed E-state index contributed by atoms with van der Waals surface area (Å²) >= 11 is 0. The molecule has 3 rings (SSSR count). The molecule has 26 heavy (non-hydrogen) atoms. The summed E-state index contributed by atoms with van der Waals surface area (Å²) in [5.41, 5.74) is 2.16. The molecule has 0 aliphatic heterocycles. The van der Waals surface area contributed by atoms with Crippen LogP contribution < -0.4 is 15.6 Å². The lowest BCUT2D eigenvalue weighted by Crippen LogP contribution is -2.30. The molecule has 1 amide bonds. The predicted molar refractivity (Wildman–Crippen MR) is 98.7 cm³/mol. The molecular weight excluding hydrogens is 330 g/mol. The predicted octanol–water partition coefficient (Wildman–Crippen LogP) is 2.48. The number of benzene rings is 2. The number of hydrogen-bond donors (Lipinski definition) is 1. The molecule has 6 nitrogen and oxygen atoms in total. The quantitative estimate of drug-likeness (QED) is 0.768. The maximum absolute atomic E-state index is 12.6. The molecule has 0 fully saturated rings. The molecular formula is C20H19N3O3. The van der Waals surface area contributed by atoms with Gasteiger partial charge in [-0.25, -0.2) is 0 Å². The van der Waals surface area contributed by atoms with Crippen molar-refractivity contribution in [1.29, 1.82) is 0 Å². The van der Waals surface area contributed by atoms with Crippen LogP contribution >= 0.6 is 0 Å². The lowest BCUT2D eigenvalue weighted by atomic mass is 10.2. The minimum Gasteiger partial charge on any atom is -0.494 e. The van der Waals surface area contributed by atoms with Crippen LogP contribution in [-0.4, -0.2) is 22.8 Å². The number of methoxy groups -OCH3 is 1. The van der Waals surface area contributed by atoms with Gasteiger partial charge in [0.2, 0.25) is 0 Å². The maximum atomic E-state index is 12.6. The van der Waals surface area contributed by atoms with E-state index in [0.717, 1.165) is 11.1 Å². The van der Waals surface area contributed by atoms with Crippen molar-refractivity contribution in [1.82, 2.24) is 15.1 Å². The fourth-order valence-electron chi connectivity index (χ4n) is 2.59. The first-order chi connectivity index (χ1) is 12.6. The van der Waals surface area contributed by atoms with Crippen LogP contribution in [0.4, 0.5) is 0 Å². The van der Waals surface area contributed by atoms with Crippen molar-refractivity contribution >= 4 is 5.91 Å². The highest BCUT2D eigenvalue weighted by Crippen LogP contribution is 2.16. The number of hydrogen-bond acceptors (Lipinski definition) is 4. The van der Waals surface area contributed by atoms with Gasteiger partial charge in [0.05, 0.1) is 18.9 Å². The Labute approximate surface area is 151 Å². The average Bonchev–Trinajstić information content (AvgIpc) is 2.67. The van der Waals surface area contributed by atoms with Gasteiger partial charge in [-0.2, -0.15) is 9.78 Å². The van der Waals surface area contributed by atoms with Gasteiger partial charge < -0.3 is 10.1 Å². The largest absolute Gasteiger partial charge is 0.494 e. The van der Waals surface area contributed by atoms with Crippen LogP contribution in [0.1, 0.15) is 21.6 Å². The molecule has 2 aromatic carbocycles. The third-order valence-corrected chi connectivity index (χ3v) is 3.97. The number of nitrogens with one attached hydrogen (secondary N) is 1. The number of aromatic nitrogens is 2. The van der Waals surface area contributed by atoms with E-state index in [1.165, 1.54) is 17.9 Å². The second kappa shape index (κ2) is 7.65. The molecule has 0 atom stereocenters. The molecule has 6 heteroatoms. The molecule has 3 aromatic rings. The lowest BCUT2D eigenvalue weighted by molar-refractivity contribution is 0.0940. The van der Waals surface area contributed by atoms with E-state index in [9.17, 15) is 9.59 Å². The molecule has 1 aromatic heterocycles. The summed E-state index contributed by atoms with van der Waals surface area (Å²) in [7, 11) is 1.41. The molecule has 132 valence electrons. The van der Waals surface area contributed by atoms with Crippen LogP contribution in [0.15, 0.2) is 65.5 Å². The van der Waals surface area contributed by atoms with Gasteiger partial charge in [-0.15, -0.1) is 0 Å². The minimum absolute atomic E-state index is 0.0614. The molecule has 0 aliphatic rings. The Bertz CT molecular complexity index is 981. The van der Waals surface area contributed by atoms with Crippen molar-refractivity contribution in [2.45, 2.75) is 13.5 Å². The van der Waals surface area contributed by atoms with Crippen molar-refractivity contribution in [3.8, 4) is 11.4 Å². The van der Waals surface area contributed by atoms with E-state index in [4.69, 9.17) is 4.74 Å². The van der Waals surface area contributed by atoms with Crippen molar-refractivity contribution < 1.29 is 9.53 Å². The number of amides is 1. The molecule has 0 saturated carbocycles. The van der Waals surface area contributed by atoms with Gasteiger partial charge in [0.1, 0.15) is 0 Å². The zero-order valence-electron chi connectivity index (χ0n) is 14.6. The molecule has 0 aliphatic carbocycles. The Morgan fingerprint density at radius 3 is 2.50 bits per heavy atom. The molecule has 0 bridgehead atoms. The Balaban J connectivity index is 1.95. The van der Waals surface area contributed by atoms with Crippen LogP contribution in [0.5, 0.6) is 5.75 Å². The Morgan fingerprint density at radius 2 is 1.81 bits per heavy atom. The number of carbonyl (C=O) groups excluding carboxylic acids is 1. The summed E-state index contributed by atoms with van der Waals surface area (Å²) in [5.74, 6) is -0.265. The summed E-state index contributed by atoms with van der Waals surface area (Å²) < 4.78 is 6.40. The van der Waals surface area contributed by atoms with E-state index < -0.39 is 5.91 Å². The molecule has 1 heterocycles. The highest BCUT2D eigenvalue weighted by atomic mass is 16.5. The minimum atomic E-state index is -0.409. The summed E-state index contributed by atoms with van der Waals surface area (Å²) in [5, 5.41) is 7.06. The topological polar surface area (TPSA) is 73.2 Å². The normalized spacial score (nSPS) is 10.4. The van der Waals surface area contributed by atoms with E-state index in [1.807, 2.05) is 55.5 Å². The van der Waals surface area contributed by atoms with Crippen molar-refractivity contribution in [3.63, 3.8) is 0 Å². The van der Waals surface area contributed by atoms with Gasteiger partial charge >= 0.3 is 0 Å². The molecule has 0 radical (unpaired) electrons. The fourth-order valence-corrected chi connectivity index (χ4v) is 2.59. The number of nitrogens with zero attached hydrogens (tertiary/aromatic N) is 2. The van der Waals surface area contributed by atoms with Gasteiger partial charge in [-0.1, -0.05) is 48.5 Å². The summed E-state index contributed by atoms with van der Waals surface area (Å²) in [6.45, 7) is 2.23. The maximum Gasteiger partial charge on any atom is 0.275 e. The van der Waals surface area contributed by atoms with Crippen LogP contribution in [0.25, 0.3) is 5.69 Å². The van der Waals surface area contributed by atoms with Crippen LogP contribution in [0.2, 0.25) is 0 Å². The van der Waals surface area contributed by atoms with Crippen LogP contribution in [-0.2, 0) is 6.54 Å². The summed E-state index contributed by atoms with van der Waals surface area (Å²) in [4.78, 5) is 25.0. The number of carbonyl (C=O) groups is 1. The lowest BCUT2D eigenvalue weighted by Gasteiger charge is -2.12. The zero-order valence-corrected chi connectivity index (χ0v) is 14.6.